The SMILES string of the molecule is COC(=O)N[C@H](C(=O)N1[C@@H]2CC2C[C@H]1c1ncc(-c2ccc3cc(Br)ccc3c2)[nH]1)C(C)C. The third-order valence-electron chi connectivity index (χ3n) is 6.77. The number of nitrogens with zero attached hydrogens (tertiary/aromatic N) is 2. The fraction of sp³-hybridized carbons (Fsp3) is 0.400. The Hall–Kier alpha value is -2.87. The fourth-order valence-corrected chi connectivity index (χ4v) is 5.29. The van der Waals surface area contributed by atoms with Crippen molar-refractivity contribution in [3.8, 4) is 11.3 Å². The lowest BCUT2D eigenvalue weighted by Gasteiger charge is -2.31. The van der Waals surface area contributed by atoms with E-state index in [1.807, 2.05) is 31.0 Å². The summed E-state index contributed by atoms with van der Waals surface area (Å²) in [5, 5.41) is 5.04. The molecule has 172 valence electrons. The van der Waals surface area contributed by atoms with E-state index >= 15 is 0 Å². The molecule has 2 heterocycles. The summed E-state index contributed by atoms with van der Waals surface area (Å²) in [5.74, 6) is 1.17. The molecule has 2 amide bonds. The molecule has 4 atom stereocenters. The van der Waals surface area contributed by atoms with Gasteiger partial charge >= 0.3 is 6.09 Å². The predicted molar refractivity (Wildman–Crippen MR) is 129 cm³/mol. The van der Waals surface area contributed by atoms with E-state index in [1.165, 1.54) is 12.5 Å². The Labute approximate surface area is 201 Å². The van der Waals surface area contributed by atoms with Crippen LogP contribution in [0.1, 0.15) is 38.6 Å². The van der Waals surface area contributed by atoms with Crippen LogP contribution >= 0.6 is 15.9 Å². The molecule has 2 N–H and O–H groups in total. The van der Waals surface area contributed by atoms with Crippen molar-refractivity contribution in [1.82, 2.24) is 20.2 Å². The van der Waals surface area contributed by atoms with Gasteiger partial charge in [0.05, 0.1) is 25.0 Å². The first-order valence-electron chi connectivity index (χ1n) is 11.3. The Morgan fingerprint density at radius 1 is 1.18 bits per heavy atom. The molecule has 0 bridgehead atoms. The van der Waals surface area contributed by atoms with Gasteiger partial charge in [-0.05, 0) is 53.6 Å². The van der Waals surface area contributed by atoms with E-state index in [2.05, 4.69) is 61.5 Å². The number of aromatic nitrogens is 2. The van der Waals surface area contributed by atoms with Gasteiger partial charge in [-0.25, -0.2) is 9.78 Å². The summed E-state index contributed by atoms with van der Waals surface area (Å²) < 4.78 is 5.79. The number of rotatable bonds is 5. The molecule has 2 fully saturated rings. The number of amides is 2. The van der Waals surface area contributed by atoms with E-state index in [-0.39, 0.29) is 23.9 Å². The molecule has 0 spiro atoms. The van der Waals surface area contributed by atoms with Crippen LogP contribution in [0.3, 0.4) is 0 Å². The number of alkyl carbamates (subject to hydrolysis) is 1. The average molecular weight is 511 g/mol. The molecule has 8 heteroatoms. The molecule has 3 aromatic rings. The summed E-state index contributed by atoms with van der Waals surface area (Å²) in [6.45, 7) is 3.86. The van der Waals surface area contributed by atoms with Crippen LogP contribution in [-0.4, -0.2) is 46.1 Å². The number of hydrogen-bond acceptors (Lipinski definition) is 4. The molecule has 7 nitrogen and oxygen atoms in total. The first-order valence-corrected chi connectivity index (χ1v) is 12.1. The van der Waals surface area contributed by atoms with Gasteiger partial charge in [-0.2, -0.15) is 0 Å². The van der Waals surface area contributed by atoms with Gasteiger partial charge in [-0.1, -0.05) is 48.0 Å². The standard InChI is InChI=1S/C25H27BrN4O3/c1-13(2)22(29-25(32)33-3)24(31)30-20-10-17(20)11-21(30)23-27-12-19(28-23)16-5-4-15-9-18(26)7-6-14(15)8-16/h4-9,12-13,17,20-22H,10-11H2,1-3H3,(H,27,28)(H,29,32)/t17?,20-,21+,22+/m1/s1. The predicted octanol–water partition coefficient (Wildman–Crippen LogP) is 5.03. The molecule has 2 aliphatic rings. The number of aromatic amines is 1. The number of nitrogens with one attached hydrogen (secondary N) is 2. The number of H-pyrrole nitrogens is 1. The maximum absolute atomic E-state index is 13.5. The number of fused-ring (bicyclic) bond motifs is 2. The van der Waals surface area contributed by atoms with Crippen LogP contribution in [-0.2, 0) is 9.53 Å². The first-order chi connectivity index (χ1) is 15.9. The van der Waals surface area contributed by atoms with E-state index in [0.29, 0.717) is 5.92 Å². The Bertz CT molecular complexity index is 1220. The first kappa shape index (κ1) is 21.9. The molecular weight excluding hydrogens is 484 g/mol. The number of imidazole rings is 1. The lowest BCUT2D eigenvalue weighted by molar-refractivity contribution is -0.136. The molecule has 2 aromatic carbocycles. The molecule has 1 aromatic heterocycles. The van der Waals surface area contributed by atoms with Gasteiger partial charge in [0.2, 0.25) is 5.91 Å². The normalized spacial score (nSPS) is 22.3. The summed E-state index contributed by atoms with van der Waals surface area (Å²) in [6.07, 6.45) is 3.15. The Kier molecular flexibility index (Phi) is 5.64. The Balaban J connectivity index is 1.41. The number of hydrogen-bond donors (Lipinski definition) is 2. The van der Waals surface area contributed by atoms with Gasteiger partial charge in [0.1, 0.15) is 11.9 Å². The lowest BCUT2D eigenvalue weighted by atomic mass is 10.0. The second kappa shape index (κ2) is 8.48. The Morgan fingerprint density at radius 3 is 2.70 bits per heavy atom. The number of benzene rings is 2. The highest BCUT2D eigenvalue weighted by Crippen LogP contribution is 2.53. The highest BCUT2D eigenvalue weighted by Gasteiger charge is 2.56. The number of halogens is 1. The zero-order valence-electron chi connectivity index (χ0n) is 18.8. The van der Waals surface area contributed by atoms with Crippen molar-refractivity contribution in [2.75, 3.05) is 7.11 Å². The molecule has 1 aliphatic heterocycles. The van der Waals surface area contributed by atoms with Crippen LogP contribution in [0.25, 0.3) is 22.0 Å². The van der Waals surface area contributed by atoms with Crippen LogP contribution in [0, 0.1) is 11.8 Å². The average Bonchev–Trinajstić information content (AvgIpc) is 3.21. The van der Waals surface area contributed by atoms with Crippen LogP contribution in [0.2, 0.25) is 0 Å². The summed E-state index contributed by atoms with van der Waals surface area (Å²) in [7, 11) is 1.31. The second-order valence-electron chi connectivity index (χ2n) is 9.31. The number of carbonyl (C=O) groups is 2. The smallest absolute Gasteiger partial charge is 0.407 e. The molecule has 1 saturated carbocycles. The van der Waals surface area contributed by atoms with Gasteiger partial charge in [0.25, 0.3) is 0 Å². The van der Waals surface area contributed by atoms with Crippen molar-refractivity contribution in [3.05, 3.63) is 52.9 Å². The monoisotopic (exact) mass is 510 g/mol. The number of likely N-dealkylation sites (tertiary alicyclic amines) is 1. The van der Waals surface area contributed by atoms with Gasteiger partial charge in [-0.15, -0.1) is 0 Å². The minimum atomic E-state index is -0.631. The van der Waals surface area contributed by atoms with Crippen molar-refractivity contribution in [2.24, 2.45) is 11.8 Å². The van der Waals surface area contributed by atoms with Gasteiger partial charge < -0.3 is 19.9 Å². The van der Waals surface area contributed by atoms with E-state index in [1.54, 1.807) is 0 Å². The molecule has 33 heavy (non-hydrogen) atoms. The number of carbonyl (C=O) groups excluding carboxylic acids is 2. The number of piperidine rings is 1. The molecule has 5 rings (SSSR count). The van der Waals surface area contributed by atoms with Crippen LogP contribution < -0.4 is 5.32 Å². The number of methoxy groups -OCH3 is 1. The third-order valence-corrected chi connectivity index (χ3v) is 7.27. The molecule has 1 unspecified atom stereocenters. The van der Waals surface area contributed by atoms with Gasteiger partial charge in [0.15, 0.2) is 0 Å². The zero-order valence-corrected chi connectivity index (χ0v) is 20.4. The minimum absolute atomic E-state index is 0.0557. The maximum atomic E-state index is 13.5. The summed E-state index contributed by atoms with van der Waals surface area (Å²) in [5.41, 5.74) is 1.98. The van der Waals surface area contributed by atoms with Crippen LogP contribution in [0.4, 0.5) is 4.79 Å². The summed E-state index contributed by atoms with van der Waals surface area (Å²) >= 11 is 3.52. The maximum Gasteiger partial charge on any atom is 0.407 e. The van der Waals surface area contributed by atoms with Crippen molar-refractivity contribution in [3.63, 3.8) is 0 Å². The van der Waals surface area contributed by atoms with Gasteiger partial charge in [-0.3, -0.25) is 4.79 Å². The van der Waals surface area contributed by atoms with Crippen molar-refractivity contribution >= 4 is 38.7 Å². The van der Waals surface area contributed by atoms with Crippen molar-refractivity contribution in [2.45, 2.75) is 44.8 Å². The summed E-state index contributed by atoms with van der Waals surface area (Å²) in [4.78, 5) is 35.4. The Morgan fingerprint density at radius 2 is 1.94 bits per heavy atom. The lowest BCUT2D eigenvalue weighted by Crippen LogP contribution is -2.52. The molecule has 1 saturated heterocycles. The highest BCUT2D eigenvalue weighted by molar-refractivity contribution is 9.10. The number of ether oxygens (including phenoxy) is 1. The quantitative estimate of drug-likeness (QED) is 0.503. The van der Waals surface area contributed by atoms with E-state index in [9.17, 15) is 9.59 Å². The molecule has 1 aliphatic carbocycles. The van der Waals surface area contributed by atoms with Crippen molar-refractivity contribution < 1.29 is 14.3 Å². The highest BCUT2D eigenvalue weighted by atomic mass is 79.9. The summed E-state index contributed by atoms with van der Waals surface area (Å²) in [6, 6.07) is 12.0. The van der Waals surface area contributed by atoms with Crippen LogP contribution in [0.5, 0.6) is 0 Å². The minimum Gasteiger partial charge on any atom is -0.453 e. The van der Waals surface area contributed by atoms with Gasteiger partial charge in [0, 0.05) is 16.1 Å². The zero-order chi connectivity index (χ0) is 23.3. The van der Waals surface area contributed by atoms with Crippen molar-refractivity contribution in [1.29, 1.82) is 0 Å². The second-order valence-corrected chi connectivity index (χ2v) is 10.2. The topological polar surface area (TPSA) is 87.3 Å². The third kappa shape index (κ3) is 4.12. The van der Waals surface area contributed by atoms with E-state index in [4.69, 9.17) is 4.74 Å². The van der Waals surface area contributed by atoms with Crippen LogP contribution in [0.15, 0.2) is 47.1 Å². The van der Waals surface area contributed by atoms with E-state index in [0.717, 1.165) is 39.8 Å². The molecule has 0 radical (unpaired) electrons. The fourth-order valence-electron chi connectivity index (χ4n) is 4.91. The molecular formula is C25H27BrN4O3. The van der Waals surface area contributed by atoms with E-state index < -0.39 is 12.1 Å². The largest absolute Gasteiger partial charge is 0.453 e.